The monoisotopic (exact) mass is 263 g/mol. The van der Waals surface area contributed by atoms with Crippen molar-refractivity contribution >= 4 is 17.3 Å². The van der Waals surface area contributed by atoms with Gasteiger partial charge in [0, 0.05) is 0 Å². The van der Waals surface area contributed by atoms with Gasteiger partial charge in [-0.1, -0.05) is 0 Å². The fourth-order valence-corrected chi connectivity index (χ4v) is 2.64. The van der Waals surface area contributed by atoms with Crippen molar-refractivity contribution in [2.75, 3.05) is 7.11 Å². The minimum absolute atomic E-state index is 0.0499. The quantitative estimate of drug-likeness (QED) is 0.921. The third kappa shape index (κ3) is 2.68. The van der Waals surface area contributed by atoms with Crippen LogP contribution in [0.25, 0.3) is 10.4 Å². The van der Waals surface area contributed by atoms with Crippen molar-refractivity contribution in [1.29, 1.82) is 0 Å². The Morgan fingerprint density at radius 3 is 2.61 bits per heavy atom. The van der Waals surface area contributed by atoms with Crippen LogP contribution in [0.15, 0.2) is 24.3 Å². The van der Waals surface area contributed by atoms with E-state index < -0.39 is 5.97 Å². The second-order valence-corrected chi connectivity index (χ2v) is 5.01. The van der Waals surface area contributed by atoms with Crippen molar-refractivity contribution in [2.45, 2.75) is 13.3 Å². The van der Waals surface area contributed by atoms with Gasteiger partial charge in [0.05, 0.1) is 29.1 Å². The third-order valence-electron chi connectivity index (χ3n) is 2.48. The first-order valence-corrected chi connectivity index (χ1v) is 6.24. The second kappa shape index (κ2) is 5.18. The molecular formula is C13H13NO3S. The molecule has 0 unspecified atom stereocenters. The molecule has 0 radical (unpaired) electrons. The highest BCUT2D eigenvalue weighted by atomic mass is 32.1. The van der Waals surface area contributed by atoms with E-state index in [4.69, 9.17) is 9.84 Å². The summed E-state index contributed by atoms with van der Waals surface area (Å²) < 4.78 is 5.10. The highest BCUT2D eigenvalue weighted by Gasteiger charge is 2.14. The van der Waals surface area contributed by atoms with Crippen molar-refractivity contribution in [2.24, 2.45) is 0 Å². The van der Waals surface area contributed by atoms with Crippen molar-refractivity contribution in [3.63, 3.8) is 0 Å². The molecule has 0 saturated carbocycles. The number of benzene rings is 1. The lowest BCUT2D eigenvalue weighted by molar-refractivity contribution is -0.136. The van der Waals surface area contributed by atoms with Crippen LogP contribution in [0.3, 0.4) is 0 Å². The molecule has 0 fully saturated rings. The molecule has 1 aromatic carbocycles. The lowest BCUT2D eigenvalue weighted by atomic mass is 10.1. The van der Waals surface area contributed by atoms with E-state index in [1.165, 1.54) is 11.3 Å². The van der Waals surface area contributed by atoms with Crippen LogP contribution in [-0.4, -0.2) is 23.2 Å². The molecule has 0 aliphatic rings. The van der Waals surface area contributed by atoms with Gasteiger partial charge in [-0.05, 0) is 36.8 Å². The number of methoxy groups -OCH3 is 1. The lowest BCUT2D eigenvalue weighted by Gasteiger charge is -2.02. The number of aliphatic carboxylic acids is 1. The average Bonchev–Trinajstić information content (AvgIpc) is 2.69. The van der Waals surface area contributed by atoms with Crippen LogP contribution in [-0.2, 0) is 11.2 Å². The Bertz CT molecular complexity index is 560. The summed E-state index contributed by atoms with van der Waals surface area (Å²) in [6, 6.07) is 7.54. The maximum atomic E-state index is 10.8. The van der Waals surface area contributed by atoms with Crippen molar-refractivity contribution < 1.29 is 14.6 Å². The first-order valence-electron chi connectivity index (χ1n) is 5.42. The molecule has 0 amide bonds. The molecule has 1 N–H and O–H groups in total. The highest BCUT2D eigenvalue weighted by Crippen LogP contribution is 2.31. The van der Waals surface area contributed by atoms with Crippen LogP contribution in [0.4, 0.5) is 0 Å². The van der Waals surface area contributed by atoms with Gasteiger partial charge in [0.1, 0.15) is 5.75 Å². The first kappa shape index (κ1) is 12.6. The van der Waals surface area contributed by atoms with E-state index in [1.54, 1.807) is 7.11 Å². The number of rotatable bonds is 4. The van der Waals surface area contributed by atoms with Gasteiger partial charge < -0.3 is 9.84 Å². The molecule has 0 aliphatic heterocycles. The van der Waals surface area contributed by atoms with Crippen LogP contribution < -0.4 is 4.74 Å². The molecule has 0 saturated heterocycles. The average molecular weight is 263 g/mol. The zero-order valence-electron chi connectivity index (χ0n) is 10.1. The molecular weight excluding hydrogens is 250 g/mol. The molecule has 0 spiro atoms. The first-order chi connectivity index (χ1) is 8.60. The predicted molar refractivity (Wildman–Crippen MR) is 70.2 cm³/mol. The minimum atomic E-state index is -0.866. The zero-order valence-corrected chi connectivity index (χ0v) is 11.0. The van der Waals surface area contributed by atoms with E-state index in [9.17, 15) is 4.79 Å². The molecule has 1 heterocycles. The normalized spacial score (nSPS) is 10.3. The topological polar surface area (TPSA) is 59.4 Å². The summed E-state index contributed by atoms with van der Waals surface area (Å²) in [5.74, 6) is -0.0881. The second-order valence-electron chi connectivity index (χ2n) is 3.81. The molecule has 0 bridgehead atoms. The minimum Gasteiger partial charge on any atom is -0.497 e. The fourth-order valence-electron chi connectivity index (χ4n) is 1.70. The molecule has 1 aromatic heterocycles. The number of hydrogen-bond donors (Lipinski definition) is 1. The summed E-state index contributed by atoms with van der Waals surface area (Å²) in [7, 11) is 1.61. The van der Waals surface area contributed by atoms with Crippen molar-refractivity contribution in [3.8, 4) is 16.2 Å². The van der Waals surface area contributed by atoms with Gasteiger partial charge in [-0.15, -0.1) is 11.3 Å². The Balaban J connectivity index is 2.39. The Morgan fingerprint density at radius 2 is 2.06 bits per heavy atom. The van der Waals surface area contributed by atoms with Gasteiger partial charge in [-0.25, -0.2) is 4.98 Å². The summed E-state index contributed by atoms with van der Waals surface area (Å²) >= 11 is 1.51. The van der Waals surface area contributed by atoms with E-state index in [0.717, 1.165) is 21.2 Å². The summed E-state index contributed by atoms with van der Waals surface area (Å²) in [5.41, 5.74) is 1.59. The number of carboxylic acids is 1. The van der Waals surface area contributed by atoms with Crippen molar-refractivity contribution in [1.82, 2.24) is 4.98 Å². The SMILES string of the molecule is COc1ccc(-c2sc(C)nc2CC(=O)O)cc1. The summed E-state index contributed by atoms with van der Waals surface area (Å²) in [6.07, 6.45) is -0.0499. The van der Waals surface area contributed by atoms with Crippen molar-refractivity contribution in [3.05, 3.63) is 35.0 Å². The highest BCUT2D eigenvalue weighted by molar-refractivity contribution is 7.15. The van der Waals surface area contributed by atoms with E-state index in [-0.39, 0.29) is 6.42 Å². The largest absolute Gasteiger partial charge is 0.497 e. The molecule has 0 aliphatic carbocycles. The number of aryl methyl sites for hydroxylation is 1. The van der Waals surface area contributed by atoms with Gasteiger partial charge >= 0.3 is 5.97 Å². The van der Waals surface area contributed by atoms with E-state index >= 15 is 0 Å². The predicted octanol–water partition coefficient (Wildman–Crippen LogP) is 2.75. The lowest BCUT2D eigenvalue weighted by Crippen LogP contribution is -2.01. The molecule has 2 rings (SSSR count). The molecule has 2 aromatic rings. The number of carboxylic acid groups (broad SMARTS) is 1. The zero-order chi connectivity index (χ0) is 13.1. The van der Waals surface area contributed by atoms with Crippen LogP contribution in [0.1, 0.15) is 10.7 Å². The number of aromatic nitrogens is 1. The van der Waals surface area contributed by atoms with Crippen LogP contribution in [0.2, 0.25) is 0 Å². The Kier molecular flexibility index (Phi) is 3.62. The maximum absolute atomic E-state index is 10.8. The van der Waals surface area contributed by atoms with Gasteiger partial charge in [0.25, 0.3) is 0 Å². The third-order valence-corrected chi connectivity index (χ3v) is 3.54. The smallest absolute Gasteiger partial charge is 0.309 e. The van der Waals surface area contributed by atoms with Gasteiger partial charge in [0.2, 0.25) is 0 Å². The molecule has 5 heteroatoms. The summed E-state index contributed by atoms with van der Waals surface area (Å²) in [5, 5.41) is 9.75. The number of thiazole rings is 1. The molecule has 18 heavy (non-hydrogen) atoms. The summed E-state index contributed by atoms with van der Waals surface area (Å²) in [4.78, 5) is 16.0. The number of carbonyl (C=O) groups is 1. The van der Waals surface area contributed by atoms with Crippen LogP contribution in [0, 0.1) is 6.92 Å². The summed E-state index contributed by atoms with van der Waals surface area (Å²) in [6.45, 7) is 1.88. The number of ether oxygens (including phenoxy) is 1. The number of hydrogen-bond acceptors (Lipinski definition) is 4. The Labute approximate surface area is 109 Å². The Morgan fingerprint density at radius 1 is 1.39 bits per heavy atom. The maximum Gasteiger partial charge on any atom is 0.309 e. The Hall–Kier alpha value is -1.88. The van der Waals surface area contributed by atoms with E-state index in [2.05, 4.69) is 4.98 Å². The fraction of sp³-hybridized carbons (Fsp3) is 0.231. The van der Waals surface area contributed by atoms with Gasteiger partial charge in [-0.2, -0.15) is 0 Å². The molecule has 4 nitrogen and oxygen atoms in total. The molecule has 94 valence electrons. The van der Waals surface area contributed by atoms with E-state index in [1.807, 2.05) is 31.2 Å². The van der Waals surface area contributed by atoms with Crippen LogP contribution >= 0.6 is 11.3 Å². The molecule has 0 atom stereocenters. The standard InChI is InChI=1S/C13H13NO3S/c1-8-14-11(7-12(15)16)13(18-8)9-3-5-10(17-2)6-4-9/h3-6H,7H2,1-2H3,(H,15,16). The van der Waals surface area contributed by atoms with Gasteiger partial charge in [-0.3, -0.25) is 4.79 Å². The number of nitrogens with zero attached hydrogens (tertiary/aromatic N) is 1. The van der Waals surface area contributed by atoms with Crippen LogP contribution in [0.5, 0.6) is 5.75 Å². The van der Waals surface area contributed by atoms with Gasteiger partial charge in [0.15, 0.2) is 0 Å². The van der Waals surface area contributed by atoms with E-state index in [0.29, 0.717) is 5.69 Å².